The van der Waals surface area contributed by atoms with Gasteiger partial charge in [-0.1, -0.05) is 37.5 Å². The molecule has 1 aliphatic rings. The summed E-state index contributed by atoms with van der Waals surface area (Å²) in [5, 5.41) is 9.12. The predicted octanol–water partition coefficient (Wildman–Crippen LogP) is 4.26. The van der Waals surface area contributed by atoms with E-state index in [4.69, 9.17) is 4.74 Å². The number of rotatable bonds is 9. The minimum Gasteiger partial charge on any atom is -0.491 e. The molecule has 3 N–H and O–H groups in total. The second kappa shape index (κ2) is 11.4. The minimum absolute atomic E-state index is 0.0510. The summed E-state index contributed by atoms with van der Waals surface area (Å²) in [6, 6.07) is 15.3. The molecule has 0 bridgehead atoms. The van der Waals surface area contributed by atoms with Gasteiger partial charge in [-0.3, -0.25) is 9.59 Å². The van der Waals surface area contributed by atoms with Crippen LogP contribution in [0.3, 0.4) is 0 Å². The quantitative estimate of drug-likeness (QED) is 0.563. The Morgan fingerprint density at radius 3 is 2.48 bits per heavy atom. The van der Waals surface area contributed by atoms with Crippen molar-refractivity contribution < 1.29 is 14.3 Å². The number of carbonyl (C=O) groups is 2. The summed E-state index contributed by atoms with van der Waals surface area (Å²) >= 11 is 0. The predicted molar refractivity (Wildman–Crippen MR) is 123 cm³/mol. The molecule has 6 heteroatoms. The Labute approximate surface area is 184 Å². The van der Waals surface area contributed by atoms with E-state index in [1.54, 1.807) is 12.1 Å². The molecule has 2 aromatic carbocycles. The lowest BCUT2D eigenvalue weighted by Gasteiger charge is -2.22. The van der Waals surface area contributed by atoms with Crippen molar-refractivity contribution in [2.24, 2.45) is 0 Å². The van der Waals surface area contributed by atoms with Gasteiger partial charge >= 0.3 is 0 Å². The first-order valence-electron chi connectivity index (χ1n) is 11.2. The van der Waals surface area contributed by atoms with Crippen molar-refractivity contribution in [2.75, 3.05) is 11.9 Å². The first-order chi connectivity index (χ1) is 15.0. The van der Waals surface area contributed by atoms with Crippen LogP contribution in [0.1, 0.15) is 61.9 Å². The van der Waals surface area contributed by atoms with Crippen molar-refractivity contribution in [1.82, 2.24) is 10.6 Å². The van der Waals surface area contributed by atoms with E-state index in [9.17, 15) is 9.59 Å². The molecule has 166 valence electrons. The molecule has 0 saturated heterocycles. The number of nitrogens with one attached hydrogen (secondary N) is 3. The van der Waals surface area contributed by atoms with Crippen LogP contribution in [0.15, 0.2) is 48.5 Å². The van der Waals surface area contributed by atoms with Gasteiger partial charge in [0.25, 0.3) is 5.91 Å². The van der Waals surface area contributed by atoms with Crippen molar-refractivity contribution in [2.45, 2.75) is 64.6 Å². The number of anilines is 1. The SMILES string of the molecule is CC(C)Oc1ccc(CNC(=O)CNc2cccc(C(=O)NC3CCCCC3)c2)cc1. The van der Waals surface area contributed by atoms with Gasteiger partial charge in [-0.25, -0.2) is 0 Å². The first-order valence-corrected chi connectivity index (χ1v) is 11.2. The molecule has 0 aliphatic heterocycles. The van der Waals surface area contributed by atoms with Crippen LogP contribution >= 0.6 is 0 Å². The fraction of sp³-hybridized carbons (Fsp3) is 0.440. The standard InChI is InChI=1S/C25H33N3O3/c1-18(2)31-23-13-11-19(12-14-23)16-27-24(29)17-26-22-10-6-7-20(15-22)25(30)28-21-8-4-3-5-9-21/h6-7,10-15,18,21,26H,3-5,8-9,16-17H2,1-2H3,(H,27,29)(H,28,30). The van der Waals surface area contributed by atoms with Gasteiger partial charge in [-0.15, -0.1) is 0 Å². The number of ether oxygens (including phenoxy) is 1. The number of hydrogen-bond donors (Lipinski definition) is 3. The van der Waals surface area contributed by atoms with Crippen molar-refractivity contribution in [3.8, 4) is 5.75 Å². The summed E-state index contributed by atoms with van der Waals surface area (Å²) in [5.41, 5.74) is 2.37. The topological polar surface area (TPSA) is 79.5 Å². The van der Waals surface area contributed by atoms with Gasteiger partial charge in [0.1, 0.15) is 5.75 Å². The zero-order valence-corrected chi connectivity index (χ0v) is 18.4. The Hall–Kier alpha value is -3.02. The molecule has 0 atom stereocenters. The molecule has 0 aromatic heterocycles. The van der Waals surface area contributed by atoms with Gasteiger partial charge in [0.2, 0.25) is 5.91 Å². The lowest BCUT2D eigenvalue weighted by atomic mass is 9.95. The average Bonchev–Trinajstić information content (AvgIpc) is 2.78. The second-order valence-corrected chi connectivity index (χ2v) is 8.33. The lowest BCUT2D eigenvalue weighted by molar-refractivity contribution is -0.119. The summed E-state index contributed by atoms with van der Waals surface area (Å²) < 4.78 is 5.63. The second-order valence-electron chi connectivity index (χ2n) is 8.33. The van der Waals surface area contributed by atoms with Crippen molar-refractivity contribution in [3.05, 3.63) is 59.7 Å². The zero-order valence-electron chi connectivity index (χ0n) is 18.4. The molecule has 0 radical (unpaired) electrons. The fourth-order valence-corrected chi connectivity index (χ4v) is 3.69. The van der Waals surface area contributed by atoms with Gasteiger partial charge in [-0.2, -0.15) is 0 Å². The van der Waals surface area contributed by atoms with Gasteiger partial charge in [0, 0.05) is 23.8 Å². The lowest BCUT2D eigenvalue weighted by Crippen LogP contribution is -2.36. The minimum atomic E-state index is -0.112. The highest BCUT2D eigenvalue weighted by Gasteiger charge is 2.16. The Bertz CT molecular complexity index is 859. The van der Waals surface area contributed by atoms with Gasteiger partial charge in [-0.05, 0) is 62.6 Å². The molecule has 0 unspecified atom stereocenters. The summed E-state index contributed by atoms with van der Waals surface area (Å²) in [7, 11) is 0. The highest BCUT2D eigenvalue weighted by molar-refractivity contribution is 5.95. The first kappa shape index (κ1) is 22.7. The smallest absolute Gasteiger partial charge is 0.251 e. The molecule has 6 nitrogen and oxygen atoms in total. The average molecular weight is 424 g/mol. The third-order valence-corrected chi connectivity index (χ3v) is 5.30. The van der Waals surface area contributed by atoms with Crippen LogP contribution in [-0.4, -0.2) is 30.5 Å². The van der Waals surface area contributed by atoms with E-state index in [1.807, 2.05) is 50.2 Å². The number of hydrogen-bond acceptors (Lipinski definition) is 4. The van der Waals surface area contributed by atoms with E-state index in [0.717, 1.165) is 29.8 Å². The molecule has 1 saturated carbocycles. The van der Waals surface area contributed by atoms with Crippen molar-refractivity contribution >= 4 is 17.5 Å². The molecule has 1 aliphatic carbocycles. The molecule has 3 rings (SSSR count). The molecule has 0 heterocycles. The fourth-order valence-electron chi connectivity index (χ4n) is 3.69. The third-order valence-electron chi connectivity index (χ3n) is 5.30. The molecule has 2 amide bonds. The normalized spacial score (nSPS) is 14.2. The maximum absolute atomic E-state index is 12.5. The maximum atomic E-state index is 12.5. The van der Waals surface area contributed by atoms with Crippen LogP contribution in [0.2, 0.25) is 0 Å². The number of amides is 2. The van der Waals surface area contributed by atoms with Crippen LogP contribution < -0.4 is 20.7 Å². The molecule has 2 aromatic rings. The third kappa shape index (κ3) is 7.63. The highest BCUT2D eigenvalue weighted by Crippen LogP contribution is 2.18. The van der Waals surface area contributed by atoms with Gasteiger partial charge in [0.15, 0.2) is 0 Å². The Morgan fingerprint density at radius 2 is 1.77 bits per heavy atom. The van der Waals surface area contributed by atoms with E-state index < -0.39 is 0 Å². The van der Waals surface area contributed by atoms with E-state index >= 15 is 0 Å². The summed E-state index contributed by atoms with van der Waals surface area (Å²) in [6.45, 7) is 4.56. The molecular formula is C25H33N3O3. The highest BCUT2D eigenvalue weighted by atomic mass is 16.5. The number of carbonyl (C=O) groups excluding carboxylic acids is 2. The molecule has 0 spiro atoms. The van der Waals surface area contributed by atoms with E-state index in [1.165, 1.54) is 19.3 Å². The zero-order chi connectivity index (χ0) is 22.1. The van der Waals surface area contributed by atoms with Gasteiger partial charge < -0.3 is 20.7 Å². The Morgan fingerprint density at radius 1 is 1.03 bits per heavy atom. The molecular weight excluding hydrogens is 390 g/mol. The molecule has 1 fully saturated rings. The van der Waals surface area contributed by atoms with E-state index in [2.05, 4.69) is 16.0 Å². The Balaban J connectivity index is 1.43. The summed E-state index contributed by atoms with van der Waals surface area (Å²) in [6.07, 6.45) is 5.85. The van der Waals surface area contributed by atoms with E-state index in [0.29, 0.717) is 12.1 Å². The van der Waals surface area contributed by atoms with Crippen LogP contribution in [0.25, 0.3) is 0 Å². The Kier molecular flexibility index (Phi) is 8.33. The monoisotopic (exact) mass is 423 g/mol. The summed E-state index contributed by atoms with van der Waals surface area (Å²) in [5.74, 6) is 0.656. The van der Waals surface area contributed by atoms with Gasteiger partial charge in [0.05, 0.1) is 12.6 Å². The van der Waals surface area contributed by atoms with Crippen LogP contribution in [0, 0.1) is 0 Å². The maximum Gasteiger partial charge on any atom is 0.251 e. The van der Waals surface area contributed by atoms with Crippen LogP contribution in [-0.2, 0) is 11.3 Å². The number of benzene rings is 2. The largest absolute Gasteiger partial charge is 0.491 e. The van der Waals surface area contributed by atoms with Crippen molar-refractivity contribution in [3.63, 3.8) is 0 Å². The van der Waals surface area contributed by atoms with E-state index in [-0.39, 0.29) is 30.5 Å². The van der Waals surface area contributed by atoms with Crippen molar-refractivity contribution in [1.29, 1.82) is 0 Å². The summed E-state index contributed by atoms with van der Waals surface area (Å²) in [4.78, 5) is 24.7. The molecule has 31 heavy (non-hydrogen) atoms. The van der Waals surface area contributed by atoms with Crippen LogP contribution in [0.4, 0.5) is 5.69 Å². The van der Waals surface area contributed by atoms with Crippen LogP contribution in [0.5, 0.6) is 5.75 Å².